The van der Waals surface area contributed by atoms with Gasteiger partial charge in [-0.3, -0.25) is 0 Å². The first-order valence-corrected chi connectivity index (χ1v) is 1.40. The Kier molecular flexibility index (Phi) is 6.56. The van der Waals surface area contributed by atoms with Crippen molar-refractivity contribution in [3.63, 3.8) is 0 Å². The van der Waals surface area contributed by atoms with Crippen LogP contribution in [0.5, 0.6) is 0 Å². The Morgan fingerprint density at radius 1 is 1.43 bits per heavy atom. The van der Waals surface area contributed by atoms with Crippen molar-refractivity contribution in [2.24, 2.45) is 0 Å². The van der Waals surface area contributed by atoms with E-state index in [0.29, 0.717) is 0 Å². The van der Waals surface area contributed by atoms with Crippen LogP contribution in [0.3, 0.4) is 0 Å². The Morgan fingerprint density at radius 3 is 1.57 bits per heavy atom. The zero-order valence-electron chi connectivity index (χ0n) is 5.00. The largest absolute Gasteiger partial charge is 1.00 e. The quantitative estimate of drug-likeness (QED) is 0.475. The predicted octanol–water partition coefficient (Wildman–Crippen LogP) is 1.29. The van der Waals surface area contributed by atoms with Crippen LogP contribution in [0, 0.1) is 0 Å². The van der Waals surface area contributed by atoms with Crippen molar-refractivity contribution in [3.05, 3.63) is 12.6 Å². The van der Waals surface area contributed by atoms with Crippen LogP contribution in [0.25, 0.3) is 0 Å². The van der Waals surface area contributed by atoms with E-state index in [9.17, 15) is 12.9 Å². The molecule has 0 rings (SSSR count). The first-order valence-electron chi connectivity index (χ1n) is 1.40. The summed E-state index contributed by atoms with van der Waals surface area (Å²) in [6, 6.07) is 0. The molecule has 5 heteroatoms. The number of rotatable bonds is 1. The predicted molar refractivity (Wildman–Crippen MR) is 26.1 cm³/mol. The van der Waals surface area contributed by atoms with Crippen LogP contribution in [0.2, 0.25) is 0 Å². The topological polar surface area (TPSA) is 0 Å². The van der Waals surface area contributed by atoms with E-state index in [1.54, 1.807) is 0 Å². The van der Waals surface area contributed by atoms with Gasteiger partial charge >= 0.3 is 8.40 Å². The van der Waals surface area contributed by atoms with Crippen LogP contribution in [0.15, 0.2) is 12.6 Å². The van der Waals surface area contributed by atoms with Crippen molar-refractivity contribution in [1.82, 2.24) is 0 Å². The molecule has 0 spiro atoms. The average molecular weight is 135 g/mol. The molecule has 0 atom stereocenters. The zero-order chi connectivity index (χ0) is 5.21. The summed E-state index contributed by atoms with van der Waals surface area (Å²) in [5, 5.41) is 0. The molecule has 0 aromatic carbocycles. The Morgan fingerprint density at radius 2 is 1.57 bits per heavy atom. The normalized spacial score (nSPS) is 9.57. The molecule has 0 aromatic rings. The summed E-state index contributed by atoms with van der Waals surface area (Å²) in [6.45, 7) is -2.19. The number of hydrogen-bond donors (Lipinski definition) is 0. The van der Waals surface area contributed by atoms with E-state index in [1.807, 2.05) is 0 Å². The van der Waals surface area contributed by atoms with Crippen LogP contribution >= 0.6 is 0 Å². The Labute approximate surface area is 84.1 Å². The second kappa shape index (κ2) is 4.14. The maximum absolute atomic E-state index is 10.7. The minimum Gasteiger partial charge on any atom is -0.445 e. The van der Waals surface area contributed by atoms with E-state index >= 15 is 0 Å². The molecule has 7 heavy (non-hydrogen) atoms. The fourth-order valence-corrected chi connectivity index (χ4v) is 0. The van der Waals surface area contributed by atoms with E-state index in [-0.39, 0.29) is 58.8 Å². The Hall–Kier alpha value is 1.23. The van der Waals surface area contributed by atoms with Gasteiger partial charge in [0.2, 0.25) is 0 Å². The van der Waals surface area contributed by atoms with Gasteiger partial charge in [0.25, 0.3) is 0 Å². The summed E-state index contributed by atoms with van der Waals surface area (Å²) in [7, 11) is 0. The first kappa shape index (κ1) is 11.1. The van der Waals surface area contributed by atoms with Gasteiger partial charge in [-0.15, -0.1) is 6.58 Å². The van der Waals surface area contributed by atoms with Crippen molar-refractivity contribution >= 4 is 58.4 Å². The van der Waals surface area contributed by atoms with Gasteiger partial charge in [0.15, 0.2) is 0 Å². The van der Waals surface area contributed by atoms with Crippen molar-refractivity contribution in [2.45, 2.75) is 0 Å². The monoisotopic (exact) mass is 135 g/mol. The van der Waals surface area contributed by atoms with Gasteiger partial charge < -0.3 is 12.9 Å². The maximum Gasteiger partial charge on any atom is 1.00 e. The summed E-state index contributed by atoms with van der Waals surface area (Å²) in [6.07, 6.45) is 0. The third kappa shape index (κ3) is 11.1. The molecule has 0 aromatic heterocycles. The molecule has 0 bridgehead atoms. The van der Waals surface area contributed by atoms with Crippen LogP contribution in [-0.4, -0.2) is 58.4 Å². The van der Waals surface area contributed by atoms with Gasteiger partial charge in [0.05, 0.1) is 0 Å². The zero-order valence-corrected chi connectivity index (χ0v) is 7.12. The molecular weight excluding hydrogens is 131 g/mol. The SMILES string of the molecule is C=C[B-](F)(F)F.[H+].[K]. The van der Waals surface area contributed by atoms with Crippen molar-refractivity contribution in [2.75, 3.05) is 0 Å². The molecule has 0 aliphatic carbocycles. The van der Waals surface area contributed by atoms with Gasteiger partial charge in [0.1, 0.15) is 0 Å². The molecular formula is C2H4BF3K. The summed E-state index contributed by atoms with van der Waals surface area (Å²) in [5.41, 5.74) is 0. The van der Waals surface area contributed by atoms with E-state index in [0.717, 1.165) is 0 Å². The summed E-state index contributed by atoms with van der Waals surface area (Å²) < 4.78 is 32.2. The van der Waals surface area contributed by atoms with Crippen LogP contribution in [-0.2, 0) is 0 Å². The van der Waals surface area contributed by atoms with Crippen molar-refractivity contribution < 1.29 is 14.4 Å². The molecule has 0 unspecified atom stereocenters. The van der Waals surface area contributed by atoms with Crippen LogP contribution in [0.4, 0.5) is 12.9 Å². The van der Waals surface area contributed by atoms with E-state index in [1.165, 1.54) is 0 Å². The minimum absolute atomic E-state index is 0. The van der Waals surface area contributed by atoms with Gasteiger partial charge in [0, 0.05) is 51.4 Å². The first-order chi connectivity index (χ1) is 2.56. The van der Waals surface area contributed by atoms with E-state index < -0.39 is 6.98 Å². The smallest absolute Gasteiger partial charge is 0.445 e. The summed E-state index contributed by atoms with van der Waals surface area (Å²) in [4.78, 5) is 0. The summed E-state index contributed by atoms with van der Waals surface area (Å²) >= 11 is 0. The molecule has 0 nitrogen and oxygen atoms in total. The van der Waals surface area contributed by atoms with Gasteiger partial charge in [-0.2, -0.15) is 5.98 Å². The van der Waals surface area contributed by atoms with Crippen LogP contribution < -0.4 is 0 Å². The summed E-state index contributed by atoms with van der Waals surface area (Å²) in [5.74, 6) is 0. The molecule has 0 heterocycles. The number of hydrogen-bond acceptors (Lipinski definition) is 0. The molecule has 0 saturated carbocycles. The van der Waals surface area contributed by atoms with E-state index in [4.69, 9.17) is 0 Å². The maximum atomic E-state index is 10.7. The fraction of sp³-hybridized carbons (Fsp3) is 0. The average Bonchev–Trinajstić information content (AvgIpc) is 1.35. The Balaban J connectivity index is -0.000000125. The third-order valence-electron chi connectivity index (χ3n) is 0.267. The standard InChI is InChI=1S/C2H3BF3.K/c1-2-3(4,5)6;/h2H,1H2;/q-1;/p+1. The molecule has 0 N–H and O–H groups in total. The van der Waals surface area contributed by atoms with Crippen molar-refractivity contribution in [3.8, 4) is 0 Å². The van der Waals surface area contributed by atoms with E-state index in [2.05, 4.69) is 6.58 Å². The molecule has 0 aliphatic rings. The molecule has 1 radical (unpaired) electrons. The Bertz CT molecular complexity index is 62.8. The molecule has 0 amide bonds. The molecule has 0 saturated heterocycles. The fourth-order valence-electron chi connectivity index (χ4n) is 0. The van der Waals surface area contributed by atoms with Gasteiger partial charge in [-0.05, 0) is 0 Å². The minimum atomic E-state index is -4.72. The van der Waals surface area contributed by atoms with Crippen LogP contribution in [0.1, 0.15) is 1.43 Å². The number of halogens is 3. The molecule has 37 valence electrons. The van der Waals surface area contributed by atoms with Crippen molar-refractivity contribution in [1.29, 1.82) is 0 Å². The molecule has 0 fully saturated rings. The molecule has 0 aliphatic heterocycles. The van der Waals surface area contributed by atoms with Gasteiger partial charge in [-0.25, -0.2) is 0 Å². The third-order valence-corrected chi connectivity index (χ3v) is 0.267. The second-order valence-electron chi connectivity index (χ2n) is 0.861. The second-order valence-corrected chi connectivity index (χ2v) is 0.861. The van der Waals surface area contributed by atoms with Gasteiger partial charge in [-0.1, -0.05) is 0 Å².